The van der Waals surface area contributed by atoms with E-state index < -0.39 is 5.60 Å². The van der Waals surface area contributed by atoms with Crippen molar-refractivity contribution < 1.29 is 5.11 Å². The Balaban J connectivity index is 2.25. The lowest BCUT2D eigenvalue weighted by atomic mass is 10.0. The zero-order valence-corrected chi connectivity index (χ0v) is 10.2. The number of hydrogen-bond donors (Lipinski definition) is 2. The molecule has 0 saturated carbocycles. The Kier molecular flexibility index (Phi) is 4.52. The molecule has 0 radical (unpaired) electrons. The molecule has 0 bridgehead atoms. The van der Waals surface area contributed by atoms with Crippen LogP contribution in [0.3, 0.4) is 0 Å². The highest BCUT2D eigenvalue weighted by atomic mass is 16.3. The Bertz CT molecular complexity index is 194. The van der Waals surface area contributed by atoms with Crippen LogP contribution in [0.4, 0.5) is 0 Å². The summed E-state index contributed by atoms with van der Waals surface area (Å²) >= 11 is 0. The van der Waals surface area contributed by atoms with Gasteiger partial charge >= 0.3 is 0 Å². The Morgan fingerprint density at radius 2 is 2.20 bits per heavy atom. The average Bonchev–Trinajstić information content (AvgIpc) is 2.63. The molecule has 4 heteroatoms. The monoisotopic (exact) mass is 215 g/mol. The third-order valence-corrected chi connectivity index (χ3v) is 3.38. The molecule has 0 spiro atoms. The van der Waals surface area contributed by atoms with Gasteiger partial charge in [0.1, 0.15) is 0 Å². The third kappa shape index (κ3) is 4.07. The van der Waals surface area contributed by atoms with E-state index in [2.05, 4.69) is 23.9 Å². The van der Waals surface area contributed by atoms with E-state index in [-0.39, 0.29) is 0 Å². The topological polar surface area (TPSA) is 52.7 Å². The number of rotatable bonds is 5. The van der Waals surface area contributed by atoms with Crippen LogP contribution in [-0.2, 0) is 0 Å². The van der Waals surface area contributed by atoms with Gasteiger partial charge in [-0.1, -0.05) is 0 Å². The zero-order chi connectivity index (χ0) is 11.5. The number of hydrogen-bond acceptors (Lipinski definition) is 4. The van der Waals surface area contributed by atoms with E-state index in [9.17, 15) is 5.11 Å². The van der Waals surface area contributed by atoms with Crippen molar-refractivity contribution in [1.82, 2.24) is 9.80 Å². The summed E-state index contributed by atoms with van der Waals surface area (Å²) in [5.41, 5.74) is 4.79. The first-order chi connectivity index (χ1) is 6.94. The quantitative estimate of drug-likeness (QED) is 0.662. The Hall–Kier alpha value is -0.160. The minimum atomic E-state index is -0.698. The smallest absolute Gasteiger partial charge is 0.0753 e. The van der Waals surface area contributed by atoms with Crippen LogP contribution in [0.1, 0.15) is 19.8 Å². The maximum Gasteiger partial charge on any atom is 0.0753 e. The highest BCUT2D eigenvalue weighted by Crippen LogP contribution is 2.15. The molecule has 1 saturated heterocycles. The van der Waals surface area contributed by atoms with Gasteiger partial charge in [0.25, 0.3) is 0 Å². The second-order valence-corrected chi connectivity index (χ2v) is 5.16. The molecule has 1 rings (SSSR count). The summed E-state index contributed by atoms with van der Waals surface area (Å²) < 4.78 is 0. The lowest BCUT2D eigenvalue weighted by Crippen LogP contribution is -2.39. The first-order valence-electron chi connectivity index (χ1n) is 5.76. The molecule has 2 unspecified atom stereocenters. The molecular formula is C11H25N3O. The SMILES string of the molecule is CN(C)C1CCN(CCC(C)(O)CN)C1. The lowest BCUT2D eigenvalue weighted by molar-refractivity contribution is 0.0496. The predicted octanol–water partition coefficient (Wildman–Crippen LogP) is -0.278. The summed E-state index contributed by atoms with van der Waals surface area (Å²) in [5.74, 6) is 0. The summed E-state index contributed by atoms with van der Waals surface area (Å²) in [6, 6.07) is 0.674. The van der Waals surface area contributed by atoms with Gasteiger partial charge in [-0.25, -0.2) is 0 Å². The first kappa shape index (κ1) is 12.9. The molecule has 0 aromatic carbocycles. The van der Waals surface area contributed by atoms with Crippen LogP contribution < -0.4 is 5.73 Å². The number of aliphatic hydroxyl groups is 1. The summed E-state index contributed by atoms with van der Waals surface area (Å²) in [6.45, 7) is 5.37. The number of likely N-dealkylation sites (N-methyl/N-ethyl adjacent to an activating group) is 1. The molecule has 1 heterocycles. The van der Waals surface area contributed by atoms with Gasteiger partial charge < -0.3 is 20.6 Å². The molecule has 1 aliphatic heterocycles. The Labute approximate surface area is 93.0 Å². The molecule has 0 aromatic rings. The van der Waals surface area contributed by atoms with Crippen molar-refractivity contribution in [3.63, 3.8) is 0 Å². The molecule has 3 N–H and O–H groups in total. The molecule has 90 valence electrons. The fraction of sp³-hybridized carbons (Fsp3) is 1.00. The van der Waals surface area contributed by atoms with Crippen molar-refractivity contribution in [2.24, 2.45) is 5.73 Å². The molecule has 0 aromatic heterocycles. The van der Waals surface area contributed by atoms with Gasteiger partial charge in [-0.3, -0.25) is 0 Å². The number of nitrogens with zero attached hydrogens (tertiary/aromatic N) is 2. The standard InChI is InChI=1S/C11H25N3O/c1-11(15,9-12)5-7-14-6-4-10(8-14)13(2)3/h10,15H,4-9,12H2,1-3H3. The molecule has 1 fully saturated rings. The van der Waals surface area contributed by atoms with Gasteiger partial charge in [-0.05, 0) is 40.4 Å². The lowest BCUT2D eigenvalue weighted by Gasteiger charge is -2.25. The van der Waals surface area contributed by atoms with Crippen molar-refractivity contribution >= 4 is 0 Å². The van der Waals surface area contributed by atoms with E-state index in [1.165, 1.54) is 6.42 Å². The summed E-state index contributed by atoms with van der Waals surface area (Å²) in [5, 5.41) is 9.80. The van der Waals surface area contributed by atoms with E-state index in [1.54, 1.807) is 0 Å². The summed E-state index contributed by atoms with van der Waals surface area (Å²) in [6.07, 6.45) is 2.00. The van der Waals surface area contributed by atoms with Gasteiger partial charge in [0.15, 0.2) is 0 Å². The van der Waals surface area contributed by atoms with Crippen LogP contribution >= 0.6 is 0 Å². The van der Waals surface area contributed by atoms with Crippen LogP contribution in [0.25, 0.3) is 0 Å². The maximum absolute atomic E-state index is 9.80. The van der Waals surface area contributed by atoms with Gasteiger partial charge in [-0.2, -0.15) is 0 Å². The predicted molar refractivity (Wildman–Crippen MR) is 62.8 cm³/mol. The van der Waals surface area contributed by atoms with Gasteiger partial charge in [0.05, 0.1) is 5.60 Å². The molecule has 2 atom stereocenters. The van der Waals surface area contributed by atoms with Crippen molar-refractivity contribution in [2.75, 3.05) is 40.3 Å². The van der Waals surface area contributed by atoms with Gasteiger partial charge in [0.2, 0.25) is 0 Å². The van der Waals surface area contributed by atoms with Gasteiger partial charge in [0, 0.05) is 25.7 Å². The summed E-state index contributed by atoms with van der Waals surface area (Å²) in [7, 11) is 4.26. The van der Waals surface area contributed by atoms with Gasteiger partial charge in [-0.15, -0.1) is 0 Å². The molecule has 4 nitrogen and oxygen atoms in total. The minimum absolute atomic E-state index is 0.345. The second kappa shape index (κ2) is 5.25. The van der Waals surface area contributed by atoms with E-state index in [4.69, 9.17) is 5.73 Å². The van der Waals surface area contributed by atoms with Crippen LogP contribution in [0.2, 0.25) is 0 Å². The van der Waals surface area contributed by atoms with Crippen molar-refractivity contribution in [3.05, 3.63) is 0 Å². The van der Waals surface area contributed by atoms with Crippen molar-refractivity contribution in [1.29, 1.82) is 0 Å². The van der Waals surface area contributed by atoms with E-state index in [0.29, 0.717) is 12.6 Å². The molecule has 15 heavy (non-hydrogen) atoms. The maximum atomic E-state index is 9.80. The zero-order valence-electron chi connectivity index (χ0n) is 10.2. The second-order valence-electron chi connectivity index (χ2n) is 5.16. The van der Waals surface area contributed by atoms with Crippen molar-refractivity contribution in [2.45, 2.75) is 31.4 Å². The first-order valence-corrected chi connectivity index (χ1v) is 5.76. The van der Waals surface area contributed by atoms with Crippen LogP contribution in [-0.4, -0.2) is 66.8 Å². The van der Waals surface area contributed by atoms with Crippen LogP contribution in [0.15, 0.2) is 0 Å². The minimum Gasteiger partial charge on any atom is -0.389 e. The fourth-order valence-corrected chi connectivity index (χ4v) is 1.94. The normalized spacial score (nSPS) is 27.2. The van der Waals surface area contributed by atoms with E-state index in [0.717, 1.165) is 26.1 Å². The van der Waals surface area contributed by atoms with Crippen LogP contribution in [0.5, 0.6) is 0 Å². The molecule has 0 amide bonds. The molecule has 0 aliphatic carbocycles. The molecular weight excluding hydrogens is 190 g/mol. The Morgan fingerprint density at radius 1 is 1.53 bits per heavy atom. The molecule has 1 aliphatic rings. The number of likely N-dealkylation sites (tertiary alicyclic amines) is 1. The van der Waals surface area contributed by atoms with Crippen molar-refractivity contribution in [3.8, 4) is 0 Å². The fourth-order valence-electron chi connectivity index (χ4n) is 1.94. The number of nitrogens with two attached hydrogens (primary N) is 1. The highest BCUT2D eigenvalue weighted by Gasteiger charge is 2.26. The Morgan fingerprint density at radius 3 is 2.67 bits per heavy atom. The van der Waals surface area contributed by atoms with Crippen LogP contribution in [0, 0.1) is 0 Å². The third-order valence-electron chi connectivity index (χ3n) is 3.38. The summed E-state index contributed by atoms with van der Waals surface area (Å²) in [4.78, 5) is 4.69. The van der Waals surface area contributed by atoms with E-state index in [1.807, 2.05) is 6.92 Å². The average molecular weight is 215 g/mol. The largest absolute Gasteiger partial charge is 0.389 e. The van der Waals surface area contributed by atoms with E-state index >= 15 is 0 Å². The highest BCUT2D eigenvalue weighted by molar-refractivity contribution is 4.83.